The predicted molar refractivity (Wildman–Crippen MR) is 82.4 cm³/mol. The fourth-order valence-electron chi connectivity index (χ4n) is 2.90. The number of rotatable bonds is 3. The maximum Gasteiger partial charge on any atom is 0.233 e. The molecule has 1 saturated carbocycles. The van der Waals surface area contributed by atoms with Gasteiger partial charge in [0.15, 0.2) is 0 Å². The molecule has 1 unspecified atom stereocenters. The first-order chi connectivity index (χ1) is 8.65. The monoisotopic (exact) mass is 333 g/mol. The molecule has 2 nitrogen and oxygen atoms in total. The molecule has 1 aliphatic carbocycles. The van der Waals surface area contributed by atoms with E-state index in [0.717, 1.165) is 36.3 Å². The number of amides is 1. The van der Waals surface area contributed by atoms with Gasteiger partial charge in [-0.3, -0.25) is 4.79 Å². The summed E-state index contributed by atoms with van der Waals surface area (Å²) in [6.45, 7) is 2.32. The van der Waals surface area contributed by atoms with E-state index in [0.29, 0.717) is 0 Å². The molecule has 4 heteroatoms. The van der Waals surface area contributed by atoms with Crippen molar-refractivity contribution in [2.24, 2.45) is 5.92 Å². The Bertz CT molecular complexity index is 284. The largest absolute Gasteiger partial charge is 0.349 e. The Morgan fingerprint density at radius 1 is 1.33 bits per heavy atom. The van der Waals surface area contributed by atoms with Crippen molar-refractivity contribution in [3.63, 3.8) is 0 Å². The molecule has 0 bridgehead atoms. The molecule has 1 amide bonds. The molecule has 0 aromatic rings. The van der Waals surface area contributed by atoms with E-state index >= 15 is 0 Å². The first-order valence-corrected chi connectivity index (χ1v) is 9.32. The molecular weight excluding hydrogens is 310 g/mol. The highest BCUT2D eigenvalue weighted by molar-refractivity contribution is 9.09. The van der Waals surface area contributed by atoms with Gasteiger partial charge in [-0.25, -0.2) is 0 Å². The van der Waals surface area contributed by atoms with Crippen molar-refractivity contribution in [2.75, 3.05) is 11.1 Å². The minimum atomic E-state index is 0.0294. The zero-order chi connectivity index (χ0) is 13.0. The number of thioether (sulfide) groups is 1. The van der Waals surface area contributed by atoms with E-state index < -0.39 is 0 Å². The zero-order valence-electron chi connectivity index (χ0n) is 11.2. The topological polar surface area (TPSA) is 29.1 Å². The van der Waals surface area contributed by atoms with Gasteiger partial charge >= 0.3 is 0 Å². The average Bonchev–Trinajstić information content (AvgIpc) is 2.43. The Kier molecular flexibility index (Phi) is 5.43. The van der Waals surface area contributed by atoms with Gasteiger partial charge in [-0.05, 0) is 50.2 Å². The molecule has 1 atom stereocenters. The summed E-state index contributed by atoms with van der Waals surface area (Å²) in [6.07, 6.45) is 8.28. The number of hydrogen-bond acceptors (Lipinski definition) is 2. The summed E-state index contributed by atoms with van der Waals surface area (Å²) in [6, 6.07) is 0. The van der Waals surface area contributed by atoms with Gasteiger partial charge in [0.25, 0.3) is 0 Å². The van der Waals surface area contributed by atoms with Crippen LogP contribution in [0.4, 0.5) is 0 Å². The van der Waals surface area contributed by atoms with Gasteiger partial charge in [0.1, 0.15) is 0 Å². The lowest BCUT2D eigenvalue weighted by atomic mass is 9.78. The number of halogens is 1. The number of nitrogens with one attached hydrogen (secondary N) is 1. The minimum absolute atomic E-state index is 0.0294. The first-order valence-electron chi connectivity index (χ1n) is 7.15. The van der Waals surface area contributed by atoms with E-state index in [-0.39, 0.29) is 16.7 Å². The molecule has 104 valence electrons. The van der Waals surface area contributed by atoms with Gasteiger partial charge in [-0.15, -0.1) is 11.8 Å². The van der Waals surface area contributed by atoms with Crippen LogP contribution in [0.3, 0.4) is 0 Å². The second-order valence-electron chi connectivity index (χ2n) is 5.94. The van der Waals surface area contributed by atoms with Crippen molar-refractivity contribution in [2.45, 2.75) is 62.7 Å². The molecule has 0 aromatic heterocycles. The normalized spacial score (nSPS) is 37.2. The smallest absolute Gasteiger partial charge is 0.233 e. The second-order valence-corrected chi connectivity index (χ2v) is 7.81. The second kappa shape index (κ2) is 6.65. The van der Waals surface area contributed by atoms with E-state index in [1.54, 1.807) is 0 Å². The van der Waals surface area contributed by atoms with E-state index in [1.807, 2.05) is 11.8 Å². The van der Waals surface area contributed by atoms with Crippen molar-refractivity contribution in [1.29, 1.82) is 0 Å². The van der Waals surface area contributed by atoms with Crippen LogP contribution in [0.1, 0.15) is 51.9 Å². The molecule has 2 fully saturated rings. The van der Waals surface area contributed by atoms with Crippen molar-refractivity contribution >= 4 is 33.6 Å². The SMILES string of the molecule is CC1CCC(CBr)(NC(=O)C2CCCCS2)CC1. The lowest BCUT2D eigenvalue weighted by Crippen LogP contribution is -2.54. The van der Waals surface area contributed by atoms with Crippen molar-refractivity contribution < 1.29 is 4.79 Å². The Morgan fingerprint density at radius 2 is 2.06 bits per heavy atom. The van der Waals surface area contributed by atoms with E-state index in [1.165, 1.54) is 25.7 Å². The third-order valence-corrected chi connectivity index (χ3v) is 6.80. The highest BCUT2D eigenvalue weighted by Gasteiger charge is 2.36. The molecule has 1 heterocycles. The summed E-state index contributed by atoms with van der Waals surface area (Å²) >= 11 is 5.46. The van der Waals surface area contributed by atoms with Crippen molar-refractivity contribution in [3.8, 4) is 0 Å². The maximum atomic E-state index is 12.4. The quantitative estimate of drug-likeness (QED) is 0.797. The summed E-state index contributed by atoms with van der Waals surface area (Å²) in [5, 5.41) is 4.47. The van der Waals surface area contributed by atoms with Crippen LogP contribution >= 0.6 is 27.7 Å². The lowest BCUT2D eigenvalue weighted by Gasteiger charge is -2.40. The number of carbonyl (C=O) groups is 1. The van der Waals surface area contributed by atoms with Crippen LogP contribution in [-0.4, -0.2) is 27.8 Å². The van der Waals surface area contributed by atoms with Gasteiger partial charge in [-0.1, -0.05) is 29.3 Å². The Hall–Kier alpha value is 0.300. The van der Waals surface area contributed by atoms with E-state index in [9.17, 15) is 4.79 Å². The van der Waals surface area contributed by atoms with Crippen LogP contribution in [0.15, 0.2) is 0 Å². The third-order valence-electron chi connectivity index (χ3n) is 4.35. The molecule has 1 saturated heterocycles. The Labute approximate surface area is 123 Å². The Balaban J connectivity index is 1.90. The summed E-state index contributed by atoms with van der Waals surface area (Å²) in [4.78, 5) is 12.4. The molecule has 18 heavy (non-hydrogen) atoms. The predicted octanol–water partition coefficient (Wildman–Crippen LogP) is 3.73. The summed E-state index contributed by atoms with van der Waals surface area (Å²) in [5.41, 5.74) is 0.0294. The average molecular weight is 334 g/mol. The highest BCUT2D eigenvalue weighted by Crippen LogP contribution is 2.34. The Morgan fingerprint density at radius 3 is 2.61 bits per heavy atom. The zero-order valence-corrected chi connectivity index (χ0v) is 13.6. The summed E-state index contributed by atoms with van der Waals surface area (Å²) in [7, 11) is 0. The fourth-order valence-corrected chi connectivity index (χ4v) is 4.80. The third kappa shape index (κ3) is 3.66. The van der Waals surface area contributed by atoms with Crippen LogP contribution in [0, 0.1) is 5.92 Å². The molecule has 0 aromatic carbocycles. The summed E-state index contributed by atoms with van der Waals surface area (Å²) < 4.78 is 0. The highest BCUT2D eigenvalue weighted by atomic mass is 79.9. The number of alkyl halides is 1. The van der Waals surface area contributed by atoms with Crippen LogP contribution < -0.4 is 5.32 Å². The maximum absolute atomic E-state index is 12.4. The van der Waals surface area contributed by atoms with Crippen LogP contribution in [-0.2, 0) is 4.79 Å². The first kappa shape index (κ1) is 14.7. The van der Waals surface area contributed by atoms with Crippen molar-refractivity contribution in [1.82, 2.24) is 5.32 Å². The van der Waals surface area contributed by atoms with Gasteiger partial charge in [0.05, 0.1) is 5.25 Å². The lowest BCUT2D eigenvalue weighted by molar-refractivity contribution is -0.122. The minimum Gasteiger partial charge on any atom is -0.349 e. The molecule has 2 aliphatic rings. The van der Waals surface area contributed by atoms with Crippen LogP contribution in [0.5, 0.6) is 0 Å². The van der Waals surface area contributed by atoms with Gasteiger partial charge < -0.3 is 5.32 Å². The van der Waals surface area contributed by atoms with E-state index in [2.05, 4.69) is 28.2 Å². The van der Waals surface area contributed by atoms with E-state index in [4.69, 9.17) is 0 Å². The number of carbonyl (C=O) groups excluding carboxylic acids is 1. The van der Waals surface area contributed by atoms with Crippen LogP contribution in [0.25, 0.3) is 0 Å². The molecule has 0 radical (unpaired) electrons. The van der Waals surface area contributed by atoms with Gasteiger partial charge in [0, 0.05) is 10.9 Å². The molecule has 1 aliphatic heterocycles. The fraction of sp³-hybridized carbons (Fsp3) is 0.929. The standard InChI is InChI=1S/C14H24BrNOS/c1-11-5-7-14(10-15,8-6-11)16-13(17)12-4-2-3-9-18-12/h11-12H,2-10H2,1H3,(H,16,17). The molecular formula is C14H24BrNOS. The van der Waals surface area contributed by atoms with Gasteiger partial charge in [0.2, 0.25) is 5.91 Å². The van der Waals surface area contributed by atoms with Gasteiger partial charge in [-0.2, -0.15) is 0 Å². The van der Waals surface area contributed by atoms with Crippen molar-refractivity contribution in [3.05, 3.63) is 0 Å². The molecule has 2 rings (SSSR count). The van der Waals surface area contributed by atoms with Crippen LogP contribution in [0.2, 0.25) is 0 Å². The summed E-state index contributed by atoms with van der Waals surface area (Å²) in [5.74, 6) is 2.25. The number of hydrogen-bond donors (Lipinski definition) is 1. The molecule has 0 spiro atoms. The molecule has 1 N–H and O–H groups in total.